The van der Waals surface area contributed by atoms with Gasteiger partial charge < -0.3 is 15.1 Å². The molecule has 0 spiro atoms. The Bertz CT molecular complexity index is 509. The normalized spacial score (nSPS) is 10.6. The molecule has 18 heavy (non-hydrogen) atoms. The number of anilines is 2. The van der Waals surface area contributed by atoms with Crippen LogP contribution in [0.1, 0.15) is 12.8 Å². The van der Waals surface area contributed by atoms with Crippen molar-refractivity contribution in [1.29, 1.82) is 0 Å². The Labute approximate surface area is 114 Å². The summed E-state index contributed by atoms with van der Waals surface area (Å²) in [7, 11) is 0. The van der Waals surface area contributed by atoms with Gasteiger partial charge in [0.2, 0.25) is 5.89 Å². The van der Waals surface area contributed by atoms with Crippen LogP contribution in [-0.2, 0) is 6.54 Å². The van der Waals surface area contributed by atoms with Crippen LogP contribution in [-0.4, -0.2) is 16.7 Å². The lowest BCUT2D eigenvalue weighted by atomic mass is 10.3. The minimum absolute atomic E-state index is 0.307. The topological polar surface area (TPSA) is 63.0 Å². The van der Waals surface area contributed by atoms with E-state index in [-0.39, 0.29) is 0 Å². The van der Waals surface area contributed by atoms with E-state index in [2.05, 4.69) is 20.8 Å². The summed E-state index contributed by atoms with van der Waals surface area (Å²) in [5, 5.41) is 14.9. The van der Waals surface area contributed by atoms with Gasteiger partial charge in [-0.15, -0.1) is 5.10 Å². The summed E-state index contributed by atoms with van der Waals surface area (Å²) in [5.74, 6) is 0.521. The predicted molar refractivity (Wildman–Crippen MR) is 71.4 cm³/mol. The number of benzene rings is 1. The lowest BCUT2D eigenvalue weighted by Gasteiger charge is -2.02. The lowest BCUT2D eigenvalue weighted by Crippen LogP contribution is -2.11. The maximum atomic E-state index is 5.89. The number of hydrogen-bond donors (Lipinski definition) is 2. The zero-order valence-corrected chi connectivity index (χ0v) is 11.2. The van der Waals surface area contributed by atoms with Crippen LogP contribution in [0.5, 0.6) is 0 Å². The largest absolute Gasteiger partial charge is 0.406 e. The lowest BCUT2D eigenvalue weighted by molar-refractivity contribution is 0.484. The van der Waals surface area contributed by atoms with E-state index in [0.29, 0.717) is 34.2 Å². The zero-order chi connectivity index (χ0) is 13.0. The first-order valence-electron chi connectivity index (χ1n) is 5.43. The summed E-state index contributed by atoms with van der Waals surface area (Å²) in [6.07, 6.45) is 0. The molecule has 2 rings (SSSR count). The van der Waals surface area contributed by atoms with Gasteiger partial charge in [-0.1, -0.05) is 35.2 Å². The maximum absolute atomic E-state index is 5.89. The van der Waals surface area contributed by atoms with Crippen LogP contribution in [0.4, 0.5) is 11.7 Å². The monoisotopic (exact) mass is 286 g/mol. The summed E-state index contributed by atoms with van der Waals surface area (Å²) in [4.78, 5) is 0. The second kappa shape index (κ2) is 6.04. The molecule has 1 aromatic carbocycles. The molecule has 0 aliphatic heterocycles. The van der Waals surface area contributed by atoms with Crippen LogP contribution in [0, 0.1) is 0 Å². The van der Waals surface area contributed by atoms with Crippen molar-refractivity contribution in [3.8, 4) is 0 Å². The Kier molecular flexibility index (Phi) is 4.41. The number of nitrogens with one attached hydrogen (secondary N) is 2. The fourth-order valence-electron chi connectivity index (χ4n) is 1.36. The molecule has 0 aliphatic carbocycles. The van der Waals surface area contributed by atoms with Crippen molar-refractivity contribution >= 4 is 34.9 Å². The Morgan fingerprint density at radius 3 is 2.56 bits per heavy atom. The molecule has 0 atom stereocenters. The number of halogens is 2. The van der Waals surface area contributed by atoms with Gasteiger partial charge in [-0.05, 0) is 24.7 Å². The molecule has 0 radical (unpaired) electrons. The van der Waals surface area contributed by atoms with E-state index < -0.39 is 0 Å². The van der Waals surface area contributed by atoms with Gasteiger partial charge in [-0.3, -0.25) is 0 Å². The van der Waals surface area contributed by atoms with Crippen LogP contribution in [0.3, 0.4) is 0 Å². The third kappa shape index (κ3) is 3.60. The molecule has 96 valence electrons. The van der Waals surface area contributed by atoms with Gasteiger partial charge in [-0.2, -0.15) is 0 Å². The molecule has 1 aromatic heterocycles. The molecular weight excluding hydrogens is 275 g/mol. The van der Waals surface area contributed by atoms with Gasteiger partial charge in [-0.25, -0.2) is 0 Å². The average Bonchev–Trinajstić information content (AvgIpc) is 2.72. The molecule has 0 bridgehead atoms. The fraction of sp³-hybridized carbons (Fsp3) is 0.273. The van der Waals surface area contributed by atoms with Crippen molar-refractivity contribution in [2.24, 2.45) is 0 Å². The van der Waals surface area contributed by atoms with Crippen LogP contribution < -0.4 is 10.6 Å². The van der Waals surface area contributed by atoms with Gasteiger partial charge in [0.15, 0.2) is 0 Å². The minimum Gasteiger partial charge on any atom is -0.406 e. The van der Waals surface area contributed by atoms with E-state index >= 15 is 0 Å². The van der Waals surface area contributed by atoms with Gasteiger partial charge in [0.05, 0.1) is 6.54 Å². The average molecular weight is 287 g/mol. The molecule has 2 N–H and O–H groups in total. The summed E-state index contributed by atoms with van der Waals surface area (Å²) < 4.78 is 5.39. The summed E-state index contributed by atoms with van der Waals surface area (Å²) in [6, 6.07) is 5.41. The van der Waals surface area contributed by atoms with Crippen molar-refractivity contribution in [2.45, 2.75) is 13.5 Å². The van der Waals surface area contributed by atoms with Crippen LogP contribution in [0.25, 0.3) is 0 Å². The van der Waals surface area contributed by atoms with Gasteiger partial charge in [0.1, 0.15) is 0 Å². The molecule has 0 fully saturated rings. The van der Waals surface area contributed by atoms with E-state index in [1.165, 1.54) is 0 Å². The Morgan fingerprint density at radius 1 is 1.17 bits per heavy atom. The fourth-order valence-corrected chi connectivity index (χ4v) is 1.88. The van der Waals surface area contributed by atoms with Crippen molar-refractivity contribution in [3.05, 3.63) is 34.1 Å². The summed E-state index contributed by atoms with van der Waals surface area (Å²) >= 11 is 11.8. The highest BCUT2D eigenvalue weighted by Gasteiger charge is 2.06. The molecule has 0 saturated carbocycles. The smallest absolute Gasteiger partial charge is 0.320 e. The van der Waals surface area contributed by atoms with Crippen LogP contribution in [0.15, 0.2) is 22.6 Å². The first-order chi connectivity index (χ1) is 8.67. The highest BCUT2D eigenvalue weighted by molar-refractivity contribution is 6.35. The van der Waals surface area contributed by atoms with E-state index in [1.807, 2.05) is 6.92 Å². The number of aromatic nitrogens is 2. The zero-order valence-electron chi connectivity index (χ0n) is 9.70. The molecule has 2 aromatic rings. The predicted octanol–water partition coefficient (Wildman–Crippen LogP) is 3.23. The molecule has 0 aliphatic rings. The van der Waals surface area contributed by atoms with Crippen molar-refractivity contribution < 1.29 is 4.42 Å². The number of rotatable bonds is 5. The standard InChI is InChI=1S/C11H12Cl2N4O/c1-2-14-6-10-16-17-11(18-10)15-9-4-7(12)3-8(13)5-9/h3-5,14H,2,6H2,1H3,(H,15,17). The second-order valence-corrected chi connectivity index (χ2v) is 4.44. The van der Waals surface area contributed by atoms with E-state index in [9.17, 15) is 0 Å². The van der Waals surface area contributed by atoms with Gasteiger partial charge in [0, 0.05) is 15.7 Å². The van der Waals surface area contributed by atoms with Gasteiger partial charge >= 0.3 is 6.01 Å². The second-order valence-electron chi connectivity index (χ2n) is 3.56. The van der Waals surface area contributed by atoms with Crippen molar-refractivity contribution in [3.63, 3.8) is 0 Å². The van der Waals surface area contributed by atoms with E-state index in [4.69, 9.17) is 27.6 Å². The van der Waals surface area contributed by atoms with E-state index in [0.717, 1.165) is 6.54 Å². The molecule has 0 saturated heterocycles. The third-order valence-corrected chi connectivity index (χ3v) is 2.54. The third-order valence-electron chi connectivity index (χ3n) is 2.11. The Morgan fingerprint density at radius 2 is 1.89 bits per heavy atom. The summed E-state index contributed by atoms with van der Waals surface area (Å²) in [5.41, 5.74) is 0.700. The molecule has 1 heterocycles. The van der Waals surface area contributed by atoms with Crippen molar-refractivity contribution in [2.75, 3.05) is 11.9 Å². The highest BCUT2D eigenvalue weighted by Crippen LogP contribution is 2.24. The number of hydrogen-bond acceptors (Lipinski definition) is 5. The Balaban J connectivity index is 2.06. The van der Waals surface area contributed by atoms with Crippen molar-refractivity contribution in [1.82, 2.24) is 15.5 Å². The first-order valence-corrected chi connectivity index (χ1v) is 6.19. The molecular formula is C11H12Cl2N4O. The highest BCUT2D eigenvalue weighted by atomic mass is 35.5. The van der Waals surface area contributed by atoms with Crippen LogP contribution in [0.2, 0.25) is 10.0 Å². The minimum atomic E-state index is 0.307. The molecule has 0 unspecified atom stereocenters. The molecule has 5 nitrogen and oxygen atoms in total. The maximum Gasteiger partial charge on any atom is 0.320 e. The number of nitrogens with zero attached hydrogens (tertiary/aromatic N) is 2. The van der Waals surface area contributed by atoms with E-state index in [1.54, 1.807) is 18.2 Å². The van der Waals surface area contributed by atoms with Gasteiger partial charge in [0.25, 0.3) is 0 Å². The summed E-state index contributed by atoms with van der Waals surface area (Å²) in [6.45, 7) is 3.39. The SMILES string of the molecule is CCNCc1nnc(Nc2cc(Cl)cc(Cl)c2)o1. The quantitative estimate of drug-likeness (QED) is 0.884. The molecule has 7 heteroatoms. The molecule has 0 amide bonds. The van der Waals surface area contributed by atoms with Crippen LogP contribution >= 0.6 is 23.2 Å². The first kappa shape index (κ1) is 13.1. The Hall–Kier alpha value is -1.30.